The normalized spacial score (nSPS) is 10.3. The molecular weight excluding hydrogens is 232 g/mol. The molecule has 0 saturated carbocycles. The molecule has 88 valence electrons. The largest absolute Gasteiger partial charge is 0.398 e. The van der Waals surface area contributed by atoms with E-state index in [-0.39, 0.29) is 0 Å². The van der Waals surface area contributed by atoms with E-state index in [0.717, 1.165) is 33.2 Å². The lowest BCUT2D eigenvalue weighted by molar-refractivity contribution is 1.41. The highest BCUT2D eigenvalue weighted by atomic mass is 35.5. The molecule has 0 atom stereocenters. The fraction of sp³-hybridized carbons (Fsp3) is 0.143. The average Bonchev–Trinajstić information content (AvgIpc) is 2.31. The van der Waals surface area contributed by atoms with Crippen LogP contribution in [-0.2, 0) is 0 Å². The van der Waals surface area contributed by atoms with Crippen LogP contribution in [0.4, 0.5) is 17.1 Å². The van der Waals surface area contributed by atoms with Crippen LogP contribution >= 0.6 is 11.6 Å². The molecule has 0 bridgehead atoms. The number of benzene rings is 2. The number of nitrogens with one attached hydrogen (secondary N) is 1. The minimum absolute atomic E-state index is 0.745. The number of hydrogen-bond acceptors (Lipinski definition) is 2. The third kappa shape index (κ3) is 2.37. The summed E-state index contributed by atoms with van der Waals surface area (Å²) in [6.07, 6.45) is 0. The van der Waals surface area contributed by atoms with Crippen LogP contribution in [0.25, 0.3) is 0 Å². The van der Waals surface area contributed by atoms with Gasteiger partial charge in [0.25, 0.3) is 0 Å². The molecule has 0 aliphatic heterocycles. The number of nitrogens with two attached hydrogens (primary N) is 1. The summed E-state index contributed by atoms with van der Waals surface area (Å²) in [5.41, 5.74) is 10.6. The quantitative estimate of drug-likeness (QED) is 0.776. The van der Waals surface area contributed by atoms with Gasteiger partial charge in [-0.05, 0) is 43.2 Å². The van der Waals surface area contributed by atoms with Crippen molar-refractivity contribution >= 4 is 28.7 Å². The Morgan fingerprint density at radius 2 is 1.65 bits per heavy atom. The predicted octanol–water partition coefficient (Wildman–Crippen LogP) is 4.28. The number of rotatable bonds is 2. The number of hydrogen-bond donors (Lipinski definition) is 2. The van der Waals surface area contributed by atoms with E-state index in [0.29, 0.717) is 0 Å². The van der Waals surface area contributed by atoms with Gasteiger partial charge >= 0.3 is 0 Å². The molecule has 3 heteroatoms. The van der Waals surface area contributed by atoms with Gasteiger partial charge in [0, 0.05) is 11.4 Å². The van der Waals surface area contributed by atoms with E-state index in [9.17, 15) is 0 Å². The van der Waals surface area contributed by atoms with Gasteiger partial charge in [0.15, 0.2) is 0 Å². The molecule has 0 aromatic heterocycles. The summed E-state index contributed by atoms with van der Waals surface area (Å²) in [5.74, 6) is 0. The second kappa shape index (κ2) is 4.68. The molecule has 0 spiro atoms. The zero-order chi connectivity index (χ0) is 12.4. The van der Waals surface area contributed by atoms with Gasteiger partial charge in [0.05, 0.1) is 10.7 Å². The second-order valence-electron chi connectivity index (χ2n) is 4.08. The summed E-state index contributed by atoms with van der Waals surface area (Å²) < 4.78 is 0. The zero-order valence-electron chi connectivity index (χ0n) is 9.92. The van der Waals surface area contributed by atoms with Crippen molar-refractivity contribution in [1.82, 2.24) is 0 Å². The van der Waals surface area contributed by atoms with E-state index < -0.39 is 0 Å². The Bertz CT molecular complexity index is 500. The van der Waals surface area contributed by atoms with Gasteiger partial charge in [0.1, 0.15) is 0 Å². The lowest BCUT2D eigenvalue weighted by atomic mass is 10.1. The Hall–Kier alpha value is -1.67. The fourth-order valence-corrected chi connectivity index (χ4v) is 1.85. The van der Waals surface area contributed by atoms with Gasteiger partial charge in [0.2, 0.25) is 0 Å². The SMILES string of the molecule is Cc1cccc(Nc2cccc(N)c2C)c1Cl. The van der Waals surface area contributed by atoms with Gasteiger partial charge in [-0.1, -0.05) is 29.8 Å². The van der Waals surface area contributed by atoms with E-state index in [1.165, 1.54) is 0 Å². The monoisotopic (exact) mass is 246 g/mol. The van der Waals surface area contributed by atoms with Crippen molar-refractivity contribution in [2.24, 2.45) is 0 Å². The van der Waals surface area contributed by atoms with Gasteiger partial charge < -0.3 is 11.1 Å². The maximum atomic E-state index is 6.24. The highest BCUT2D eigenvalue weighted by molar-refractivity contribution is 6.34. The highest BCUT2D eigenvalue weighted by Gasteiger charge is 2.05. The Kier molecular flexibility index (Phi) is 3.25. The third-order valence-corrected chi connectivity index (χ3v) is 3.34. The van der Waals surface area contributed by atoms with Crippen LogP contribution < -0.4 is 11.1 Å². The number of anilines is 3. The standard InChI is InChI=1S/C14H15ClN2/c1-9-5-3-8-13(14(9)15)17-12-7-4-6-11(16)10(12)2/h3-8,17H,16H2,1-2H3. The number of nitrogen functional groups attached to an aromatic ring is 1. The van der Waals surface area contributed by atoms with E-state index in [2.05, 4.69) is 5.32 Å². The maximum Gasteiger partial charge on any atom is 0.0670 e. The Balaban J connectivity index is 2.38. The maximum absolute atomic E-state index is 6.24. The van der Waals surface area contributed by atoms with Crippen LogP contribution in [0.2, 0.25) is 5.02 Å². The summed E-state index contributed by atoms with van der Waals surface area (Å²) >= 11 is 6.24. The van der Waals surface area contributed by atoms with Gasteiger partial charge in [-0.2, -0.15) is 0 Å². The Labute approximate surface area is 106 Å². The molecule has 0 aliphatic carbocycles. The van der Waals surface area contributed by atoms with Crippen molar-refractivity contribution in [1.29, 1.82) is 0 Å². The molecule has 0 saturated heterocycles. The highest BCUT2D eigenvalue weighted by Crippen LogP contribution is 2.30. The van der Waals surface area contributed by atoms with Crippen molar-refractivity contribution in [3.63, 3.8) is 0 Å². The molecule has 0 heterocycles. The molecule has 0 unspecified atom stereocenters. The topological polar surface area (TPSA) is 38.0 Å². The van der Waals surface area contributed by atoms with Crippen molar-refractivity contribution in [3.05, 3.63) is 52.5 Å². The molecule has 0 radical (unpaired) electrons. The van der Waals surface area contributed by atoms with E-state index in [4.69, 9.17) is 17.3 Å². The predicted molar refractivity (Wildman–Crippen MR) is 75.1 cm³/mol. The molecule has 0 aliphatic rings. The summed E-state index contributed by atoms with van der Waals surface area (Å²) in [7, 11) is 0. The molecule has 2 aromatic carbocycles. The van der Waals surface area contributed by atoms with Crippen LogP contribution in [-0.4, -0.2) is 0 Å². The molecule has 2 nitrogen and oxygen atoms in total. The first kappa shape index (κ1) is 11.8. The summed E-state index contributed by atoms with van der Waals surface area (Å²) in [6.45, 7) is 3.97. The first-order valence-electron chi connectivity index (χ1n) is 5.47. The third-order valence-electron chi connectivity index (χ3n) is 2.84. The number of halogens is 1. The Morgan fingerprint density at radius 1 is 1.00 bits per heavy atom. The minimum atomic E-state index is 0.745. The summed E-state index contributed by atoms with van der Waals surface area (Å²) in [4.78, 5) is 0. The molecular formula is C14H15ClN2. The average molecular weight is 247 g/mol. The van der Waals surface area contributed by atoms with Crippen LogP contribution in [0.3, 0.4) is 0 Å². The van der Waals surface area contributed by atoms with Crippen LogP contribution in [0.15, 0.2) is 36.4 Å². The smallest absolute Gasteiger partial charge is 0.0670 e. The van der Waals surface area contributed by atoms with E-state index in [1.807, 2.05) is 50.2 Å². The lowest BCUT2D eigenvalue weighted by Gasteiger charge is -2.13. The molecule has 0 amide bonds. The number of aryl methyl sites for hydroxylation is 1. The zero-order valence-corrected chi connectivity index (χ0v) is 10.7. The van der Waals surface area contributed by atoms with Crippen molar-refractivity contribution < 1.29 is 0 Å². The molecule has 3 N–H and O–H groups in total. The minimum Gasteiger partial charge on any atom is -0.398 e. The summed E-state index contributed by atoms with van der Waals surface area (Å²) in [5, 5.41) is 4.05. The van der Waals surface area contributed by atoms with Crippen LogP contribution in [0.1, 0.15) is 11.1 Å². The van der Waals surface area contributed by atoms with Gasteiger partial charge in [-0.25, -0.2) is 0 Å². The molecule has 2 aromatic rings. The first-order valence-corrected chi connectivity index (χ1v) is 5.84. The molecule has 0 fully saturated rings. The van der Waals surface area contributed by atoms with E-state index >= 15 is 0 Å². The lowest BCUT2D eigenvalue weighted by Crippen LogP contribution is -1.97. The second-order valence-corrected chi connectivity index (χ2v) is 4.46. The van der Waals surface area contributed by atoms with Crippen LogP contribution in [0, 0.1) is 13.8 Å². The first-order chi connectivity index (χ1) is 8.09. The Morgan fingerprint density at radius 3 is 2.41 bits per heavy atom. The van der Waals surface area contributed by atoms with Crippen molar-refractivity contribution in [2.75, 3.05) is 11.1 Å². The molecule has 2 rings (SSSR count). The van der Waals surface area contributed by atoms with Crippen LogP contribution in [0.5, 0.6) is 0 Å². The summed E-state index contributed by atoms with van der Waals surface area (Å²) in [6, 6.07) is 11.7. The van der Waals surface area contributed by atoms with Gasteiger partial charge in [-0.3, -0.25) is 0 Å². The van der Waals surface area contributed by atoms with E-state index in [1.54, 1.807) is 0 Å². The fourth-order valence-electron chi connectivity index (χ4n) is 1.68. The van der Waals surface area contributed by atoms with Gasteiger partial charge in [-0.15, -0.1) is 0 Å². The molecule has 17 heavy (non-hydrogen) atoms. The van der Waals surface area contributed by atoms with Crippen molar-refractivity contribution in [2.45, 2.75) is 13.8 Å². The van der Waals surface area contributed by atoms with Crippen molar-refractivity contribution in [3.8, 4) is 0 Å².